The minimum absolute atomic E-state index is 0.946. The summed E-state index contributed by atoms with van der Waals surface area (Å²) >= 11 is 0. The monoisotopic (exact) mass is 703 g/mol. The van der Waals surface area contributed by atoms with Gasteiger partial charge in [0, 0.05) is 50.2 Å². The minimum Gasteiger partial charge on any atom is -0.316 e. The molecule has 3 aromatic heterocycles. The lowest BCUT2D eigenvalue weighted by atomic mass is 9.98. The molecule has 0 saturated carbocycles. The molecule has 0 radical (unpaired) electrons. The van der Waals surface area contributed by atoms with Gasteiger partial charge in [0.2, 0.25) is 0 Å². The van der Waals surface area contributed by atoms with Crippen LogP contribution in [0.2, 0.25) is 0 Å². The topological polar surface area (TPSA) is 14.8 Å². The lowest BCUT2D eigenvalue weighted by molar-refractivity contribution is 0.957. The van der Waals surface area contributed by atoms with Crippen LogP contribution in [0.3, 0.4) is 0 Å². The molecule has 0 atom stereocenters. The zero-order valence-corrected chi connectivity index (χ0v) is 30.3. The molecule has 3 nitrogen and oxygen atoms in total. The Kier molecular flexibility index (Phi) is 7.31. The van der Waals surface area contributed by atoms with Crippen molar-refractivity contribution in [3.8, 4) is 28.2 Å². The summed E-state index contributed by atoms with van der Waals surface area (Å²) in [6, 6.07) is 71.0. The van der Waals surface area contributed by atoms with Crippen LogP contribution in [0.15, 0.2) is 200 Å². The standard InChI is InChI=1S/C52H37N3/c1-5-15-36(16-6-1)25-26-37-31-39(38-17-7-2-8-18-38)33-42(32-37)55-51-35-50-46(43-23-13-14-24-49(43)54(50)41-21-11-4-12-22-41)34-47(51)44-27-28-48-45(52(44)55)29-30-53(48)40-19-9-3-10-20-40/h1-24,27-35H,25-26H2. The molecule has 0 aliphatic carbocycles. The van der Waals surface area contributed by atoms with Crippen LogP contribution in [0, 0.1) is 0 Å². The van der Waals surface area contributed by atoms with Crippen LogP contribution in [0.5, 0.6) is 0 Å². The largest absolute Gasteiger partial charge is 0.316 e. The molecule has 0 fully saturated rings. The Hall–Kier alpha value is -7.10. The third-order valence-corrected chi connectivity index (χ3v) is 11.3. The summed E-state index contributed by atoms with van der Waals surface area (Å²) in [6.45, 7) is 0. The van der Waals surface area contributed by atoms with Crippen LogP contribution in [0.25, 0.3) is 82.7 Å². The van der Waals surface area contributed by atoms with Crippen LogP contribution in [-0.4, -0.2) is 13.7 Å². The summed E-state index contributed by atoms with van der Waals surface area (Å²) < 4.78 is 7.29. The second-order valence-electron chi connectivity index (χ2n) is 14.6. The summed E-state index contributed by atoms with van der Waals surface area (Å²) in [7, 11) is 0. The first kappa shape index (κ1) is 31.4. The van der Waals surface area contributed by atoms with Crippen molar-refractivity contribution in [2.45, 2.75) is 12.8 Å². The van der Waals surface area contributed by atoms with Gasteiger partial charge in [-0.15, -0.1) is 0 Å². The highest BCUT2D eigenvalue weighted by molar-refractivity contribution is 6.23. The smallest absolute Gasteiger partial charge is 0.0635 e. The Morgan fingerprint density at radius 1 is 0.309 bits per heavy atom. The highest BCUT2D eigenvalue weighted by Crippen LogP contribution is 2.42. The molecule has 3 heteroatoms. The first-order valence-electron chi connectivity index (χ1n) is 19.1. The fraction of sp³-hybridized carbons (Fsp3) is 0.0385. The van der Waals surface area contributed by atoms with Crippen molar-refractivity contribution < 1.29 is 0 Å². The summed E-state index contributed by atoms with van der Waals surface area (Å²) in [5.74, 6) is 0. The normalized spacial score (nSPS) is 11.8. The molecule has 0 saturated heterocycles. The second-order valence-corrected chi connectivity index (χ2v) is 14.6. The van der Waals surface area contributed by atoms with Crippen LogP contribution < -0.4 is 0 Å². The van der Waals surface area contributed by atoms with E-state index in [0.717, 1.165) is 24.2 Å². The number of aryl methyl sites for hydroxylation is 2. The molecule has 55 heavy (non-hydrogen) atoms. The number of nitrogens with zero attached hydrogens (tertiary/aromatic N) is 3. The summed E-state index contributed by atoms with van der Waals surface area (Å²) in [6.07, 6.45) is 4.15. The molecule has 0 bridgehead atoms. The Labute approximate surface area is 319 Å². The van der Waals surface area contributed by atoms with Crippen molar-refractivity contribution in [2.24, 2.45) is 0 Å². The first-order chi connectivity index (χ1) is 27.3. The maximum atomic E-state index is 2.55. The number of aromatic nitrogens is 3. The Morgan fingerprint density at radius 2 is 0.945 bits per heavy atom. The van der Waals surface area contributed by atoms with Gasteiger partial charge in [-0.05, 0) is 102 Å². The van der Waals surface area contributed by atoms with Crippen molar-refractivity contribution in [3.05, 3.63) is 211 Å². The molecular weight excluding hydrogens is 667 g/mol. The molecule has 0 unspecified atom stereocenters. The molecule has 8 aromatic carbocycles. The van der Waals surface area contributed by atoms with Crippen molar-refractivity contribution in [2.75, 3.05) is 0 Å². The fourth-order valence-electron chi connectivity index (χ4n) is 8.80. The van der Waals surface area contributed by atoms with E-state index in [1.807, 2.05) is 0 Å². The van der Waals surface area contributed by atoms with E-state index < -0.39 is 0 Å². The molecule has 0 aliphatic heterocycles. The van der Waals surface area contributed by atoms with Gasteiger partial charge >= 0.3 is 0 Å². The zero-order valence-electron chi connectivity index (χ0n) is 30.3. The number of fused-ring (bicyclic) bond motifs is 8. The fourth-order valence-corrected chi connectivity index (χ4v) is 8.80. The number of benzene rings is 8. The van der Waals surface area contributed by atoms with Gasteiger partial charge in [0.25, 0.3) is 0 Å². The van der Waals surface area contributed by atoms with Gasteiger partial charge in [0.15, 0.2) is 0 Å². The highest BCUT2D eigenvalue weighted by Gasteiger charge is 2.21. The van der Waals surface area contributed by atoms with Crippen molar-refractivity contribution >= 4 is 54.5 Å². The summed E-state index contributed by atoms with van der Waals surface area (Å²) in [4.78, 5) is 0. The highest BCUT2D eigenvalue weighted by atomic mass is 15.0. The van der Waals surface area contributed by atoms with Gasteiger partial charge in [-0.3, -0.25) is 0 Å². The molecule has 260 valence electrons. The van der Waals surface area contributed by atoms with Crippen molar-refractivity contribution in [1.82, 2.24) is 13.7 Å². The third-order valence-electron chi connectivity index (χ3n) is 11.3. The van der Waals surface area contributed by atoms with E-state index in [4.69, 9.17) is 0 Å². The molecule has 11 aromatic rings. The Balaban J connectivity index is 1.25. The maximum absolute atomic E-state index is 2.55. The Morgan fingerprint density at radius 3 is 1.73 bits per heavy atom. The molecule has 0 aliphatic rings. The van der Waals surface area contributed by atoms with Gasteiger partial charge in [-0.25, -0.2) is 0 Å². The second kappa shape index (κ2) is 12.8. The number of rotatable bonds is 7. The van der Waals surface area contributed by atoms with Crippen molar-refractivity contribution in [3.63, 3.8) is 0 Å². The lowest BCUT2D eigenvalue weighted by Crippen LogP contribution is -2.00. The van der Waals surface area contributed by atoms with E-state index in [0.29, 0.717) is 0 Å². The average Bonchev–Trinajstić information content (AvgIpc) is 3.93. The van der Waals surface area contributed by atoms with E-state index in [1.165, 1.54) is 82.5 Å². The van der Waals surface area contributed by atoms with Gasteiger partial charge in [0.1, 0.15) is 0 Å². The SMILES string of the molecule is c1ccc(CCc2cc(-c3ccccc3)cc(-n3c4cc5c(cc4c4ccc6c(ccn6-c6ccccc6)c43)c3ccccc3n5-c3ccccc3)c2)cc1. The Bertz CT molecular complexity index is 3170. The number of hydrogen-bond donors (Lipinski definition) is 0. The van der Waals surface area contributed by atoms with Gasteiger partial charge in [0.05, 0.1) is 27.6 Å². The van der Waals surface area contributed by atoms with Gasteiger partial charge in [-0.1, -0.05) is 127 Å². The number of para-hydroxylation sites is 3. The van der Waals surface area contributed by atoms with Crippen LogP contribution >= 0.6 is 0 Å². The van der Waals surface area contributed by atoms with Crippen LogP contribution in [-0.2, 0) is 12.8 Å². The first-order valence-corrected chi connectivity index (χ1v) is 19.1. The van der Waals surface area contributed by atoms with E-state index >= 15 is 0 Å². The molecule has 11 rings (SSSR count). The van der Waals surface area contributed by atoms with Crippen molar-refractivity contribution in [1.29, 1.82) is 0 Å². The lowest BCUT2D eigenvalue weighted by Gasteiger charge is -2.15. The summed E-state index contributed by atoms with van der Waals surface area (Å²) in [5, 5.41) is 6.25. The molecule has 0 amide bonds. The van der Waals surface area contributed by atoms with E-state index in [2.05, 4.69) is 214 Å². The predicted octanol–water partition coefficient (Wildman–Crippen LogP) is 13.3. The van der Waals surface area contributed by atoms with Gasteiger partial charge < -0.3 is 13.7 Å². The zero-order chi connectivity index (χ0) is 36.3. The van der Waals surface area contributed by atoms with Crippen LogP contribution in [0.4, 0.5) is 0 Å². The van der Waals surface area contributed by atoms with Gasteiger partial charge in [-0.2, -0.15) is 0 Å². The number of hydrogen-bond acceptors (Lipinski definition) is 0. The van der Waals surface area contributed by atoms with E-state index in [-0.39, 0.29) is 0 Å². The van der Waals surface area contributed by atoms with E-state index in [9.17, 15) is 0 Å². The quantitative estimate of drug-likeness (QED) is 0.157. The molecule has 3 heterocycles. The van der Waals surface area contributed by atoms with Crippen LogP contribution in [0.1, 0.15) is 11.1 Å². The molecular formula is C52H37N3. The van der Waals surface area contributed by atoms with E-state index in [1.54, 1.807) is 0 Å². The molecule has 0 N–H and O–H groups in total. The predicted molar refractivity (Wildman–Crippen MR) is 231 cm³/mol. The third kappa shape index (κ3) is 5.20. The minimum atomic E-state index is 0.946. The average molecular weight is 704 g/mol. The maximum Gasteiger partial charge on any atom is 0.0635 e. The summed E-state index contributed by atoms with van der Waals surface area (Å²) in [5.41, 5.74) is 14.6. The molecule has 0 spiro atoms.